The monoisotopic (exact) mass is 342 g/mol. The van der Waals surface area contributed by atoms with E-state index in [1.165, 1.54) is 25.5 Å². The molecule has 1 rings (SSSR count). The zero-order chi connectivity index (χ0) is 17.4. The molecule has 0 fully saturated rings. The van der Waals surface area contributed by atoms with Crippen LogP contribution >= 0.6 is 12.2 Å². The Bertz CT molecular complexity index is 608. The molecule has 126 valence electrons. The molecule has 0 heterocycles. The zero-order valence-electron chi connectivity index (χ0n) is 12.9. The number of methoxy groups -OCH3 is 2. The number of hydrogen-bond donors (Lipinski definition) is 3. The first-order valence-corrected chi connectivity index (χ1v) is 6.93. The molecule has 3 N–H and O–H groups in total. The summed E-state index contributed by atoms with van der Waals surface area (Å²) in [6, 6.07) is 2.59. The standard InChI is InChI=1S/C13H18N4O5S/c1-8(7-21-2)15-13(23)16-14-6-9-4-10(17(19)20)12(18)11(5-9)22-3/h4-6,8,18H,7H2,1-3H3,(H2,15,16,23)/b14-6+/t8-/m0/s1. The lowest BCUT2D eigenvalue weighted by atomic mass is 10.2. The number of phenols is 1. The first kappa shape index (κ1) is 18.6. The number of benzene rings is 1. The lowest BCUT2D eigenvalue weighted by molar-refractivity contribution is -0.386. The number of ether oxygens (including phenoxy) is 2. The third kappa shape index (κ3) is 5.68. The summed E-state index contributed by atoms with van der Waals surface area (Å²) in [6.45, 7) is 2.36. The van der Waals surface area contributed by atoms with Crippen LogP contribution in [0.25, 0.3) is 0 Å². The maximum atomic E-state index is 10.9. The Morgan fingerprint density at radius 3 is 2.83 bits per heavy atom. The van der Waals surface area contributed by atoms with Gasteiger partial charge in [-0.1, -0.05) is 0 Å². The number of nitrogens with zero attached hydrogens (tertiary/aromatic N) is 2. The third-order valence-corrected chi connectivity index (χ3v) is 2.88. The van der Waals surface area contributed by atoms with Gasteiger partial charge in [-0.25, -0.2) is 0 Å². The average Bonchev–Trinajstić information content (AvgIpc) is 2.48. The lowest BCUT2D eigenvalue weighted by Gasteiger charge is -2.13. The summed E-state index contributed by atoms with van der Waals surface area (Å²) in [5, 5.41) is 27.7. The number of hydrazone groups is 1. The Morgan fingerprint density at radius 1 is 1.57 bits per heavy atom. The van der Waals surface area contributed by atoms with Crippen molar-refractivity contribution in [3.8, 4) is 11.5 Å². The molecule has 9 nitrogen and oxygen atoms in total. The molecule has 0 aromatic heterocycles. The van der Waals surface area contributed by atoms with E-state index in [0.29, 0.717) is 12.2 Å². The van der Waals surface area contributed by atoms with Gasteiger partial charge >= 0.3 is 5.69 Å². The van der Waals surface area contributed by atoms with Gasteiger partial charge in [-0.3, -0.25) is 15.5 Å². The predicted octanol–water partition coefficient (Wildman–Crippen LogP) is 1.14. The molecule has 0 unspecified atom stereocenters. The van der Waals surface area contributed by atoms with Crippen molar-refractivity contribution in [3.05, 3.63) is 27.8 Å². The molecule has 1 aromatic rings. The number of phenolic OH excluding ortho intramolecular Hbond substituents is 1. The average molecular weight is 342 g/mol. The first-order chi connectivity index (χ1) is 10.9. The molecule has 0 aliphatic carbocycles. The molecular weight excluding hydrogens is 324 g/mol. The molecule has 10 heteroatoms. The van der Waals surface area contributed by atoms with Gasteiger partial charge in [0.15, 0.2) is 10.9 Å². The van der Waals surface area contributed by atoms with Gasteiger partial charge in [0, 0.05) is 24.8 Å². The molecule has 0 aliphatic heterocycles. The molecule has 23 heavy (non-hydrogen) atoms. The molecular formula is C13H18N4O5S. The second kappa shape index (κ2) is 8.86. The highest BCUT2D eigenvalue weighted by molar-refractivity contribution is 7.80. The van der Waals surface area contributed by atoms with Crippen LogP contribution in [0.2, 0.25) is 0 Å². The minimum Gasteiger partial charge on any atom is -0.500 e. The second-order valence-electron chi connectivity index (χ2n) is 4.55. The highest BCUT2D eigenvalue weighted by Gasteiger charge is 2.19. The molecule has 1 aromatic carbocycles. The van der Waals surface area contributed by atoms with Crippen molar-refractivity contribution in [2.45, 2.75) is 13.0 Å². The van der Waals surface area contributed by atoms with E-state index in [1.54, 1.807) is 7.11 Å². The van der Waals surface area contributed by atoms with Gasteiger partial charge in [0.2, 0.25) is 5.75 Å². The summed E-state index contributed by atoms with van der Waals surface area (Å²) in [5.41, 5.74) is 2.48. The Hall–Kier alpha value is -2.46. The SMILES string of the molecule is COC[C@H](C)NC(=S)N/N=C/c1cc(OC)c(O)c([N+](=O)[O-])c1. The van der Waals surface area contributed by atoms with Crippen LogP contribution in [0.1, 0.15) is 12.5 Å². The largest absolute Gasteiger partial charge is 0.500 e. The summed E-state index contributed by atoms with van der Waals surface area (Å²) in [4.78, 5) is 10.2. The van der Waals surface area contributed by atoms with Crippen molar-refractivity contribution < 1.29 is 19.5 Å². The maximum Gasteiger partial charge on any atom is 0.315 e. The predicted molar refractivity (Wildman–Crippen MR) is 89.1 cm³/mol. The zero-order valence-corrected chi connectivity index (χ0v) is 13.7. The summed E-state index contributed by atoms with van der Waals surface area (Å²) >= 11 is 5.03. The van der Waals surface area contributed by atoms with E-state index in [0.717, 1.165) is 0 Å². The van der Waals surface area contributed by atoms with E-state index in [4.69, 9.17) is 21.7 Å². The number of nitrogens with one attached hydrogen (secondary N) is 2. The van der Waals surface area contributed by atoms with E-state index in [9.17, 15) is 15.2 Å². The molecule has 0 saturated heterocycles. The van der Waals surface area contributed by atoms with E-state index in [2.05, 4.69) is 15.8 Å². The molecule has 0 bridgehead atoms. The van der Waals surface area contributed by atoms with Crippen LogP contribution in [0.15, 0.2) is 17.2 Å². The van der Waals surface area contributed by atoms with Gasteiger partial charge in [0.1, 0.15) is 0 Å². The highest BCUT2D eigenvalue weighted by Crippen LogP contribution is 2.36. The van der Waals surface area contributed by atoms with Crippen molar-refractivity contribution in [2.75, 3.05) is 20.8 Å². The molecule has 0 spiro atoms. The Morgan fingerprint density at radius 2 is 2.26 bits per heavy atom. The van der Waals surface area contributed by atoms with E-state index < -0.39 is 16.4 Å². The Balaban J connectivity index is 2.78. The molecule has 0 aliphatic rings. The fourth-order valence-electron chi connectivity index (χ4n) is 1.70. The Labute approximate surface area is 138 Å². The van der Waals surface area contributed by atoms with Crippen LogP contribution in [0, 0.1) is 10.1 Å². The number of hydrogen-bond acceptors (Lipinski definition) is 7. The van der Waals surface area contributed by atoms with E-state index in [1.807, 2.05) is 6.92 Å². The summed E-state index contributed by atoms with van der Waals surface area (Å²) < 4.78 is 9.86. The normalized spacial score (nSPS) is 12.0. The quantitative estimate of drug-likeness (QED) is 0.292. The smallest absolute Gasteiger partial charge is 0.315 e. The fourth-order valence-corrected chi connectivity index (χ4v) is 1.95. The topological polar surface area (TPSA) is 118 Å². The molecule has 0 saturated carbocycles. The second-order valence-corrected chi connectivity index (χ2v) is 4.96. The molecule has 1 atom stereocenters. The third-order valence-electron chi connectivity index (χ3n) is 2.67. The minimum atomic E-state index is -0.707. The van der Waals surface area contributed by atoms with Crippen molar-refractivity contribution in [2.24, 2.45) is 5.10 Å². The minimum absolute atomic E-state index is 0.00468. The number of thiocarbonyl (C=S) groups is 1. The summed E-state index contributed by atoms with van der Waals surface area (Å²) in [5.74, 6) is -0.553. The van der Waals surface area contributed by atoms with Crippen LogP contribution < -0.4 is 15.5 Å². The van der Waals surface area contributed by atoms with Gasteiger partial charge in [0.25, 0.3) is 0 Å². The number of rotatable bonds is 7. The van der Waals surface area contributed by atoms with Gasteiger partial charge in [0.05, 0.1) is 24.9 Å². The van der Waals surface area contributed by atoms with Crippen molar-refractivity contribution in [1.29, 1.82) is 0 Å². The van der Waals surface area contributed by atoms with Crippen LogP contribution in [-0.4, -0.2) is 48.2 Å². The molecule has 0 radical (unpaired) electrons. The van der Waals surface area contributed by atoms with E-state index in [-0.39, 0.29) is 16.9 Å². The van der Waals surface area contributed by atoms with Gasteiger partial charge in [-0.05, 0) is 25.2 Å². The van der Waals surface area contributed by atoms with Crippen LogP contribution in [0.5, 0.6) is 11.5 Å². The highest BCUT2D eigenvalue weighted by atomic mass is 32.1. The van der Waals surface area contributed by atoms with E-state index >= 15 is 0 Å². The molecule has 0 amide bonds. The number of aromatic hydroxyl groups is 1. The van der Waals surface area contributed by atoms with Gasteiger partial charge < -0.3 is 19.9 Å². The van der Waals surface area contributed by atoms with Gasteiger partial charge in [-0.15, -0.1) is 0 Å². The first-order valence-electron chi connectivity index (χ1n) is 6.53. The Kier molecular flexibility index (Phi) is 7.16. The maximum absolute atomic E-state index is 10.9. The number of nitro groups is 1. The fraction of sp³-hybridized carbons (Fsp3) is 0.385. The number of nitro benzene ring substituents is 1. The van der Waals surface area contributed by atoms with Crippen molar-refractivity contribution in [3.63, 3.8) is 0 Å². The van der Waals surface area contributed by atoms with Crippen LogP contribution in [-0.2, 0) is 4.74 Å². The summed E-state index contributed by atoms with van der Waals surface area (Å²) in [7, 11) is 2.88. The van der Waals surface area contributed by atoms with Crippen molar-refractivity contribution in [1.82, 2.24) is 10.7 Å². The van der Waals surface area contributed by atoms with Crippen molar-refractivity contribution >= 4 is 29.2 Å². The van der Waals surface area contributed by atoms with Gasteiger partial charge in [-0.2, -0.15) is 5.10 Å². The van der Waals surface area contributed by atoms with Crippen LogP contribution in [0.3, 0.4) is 0 Å². The lowest BCUT2D eigenvalue weighted by Crippen LogP contribution is -2.40. The summed E-state index contributed by atoms with van der Waals surface area (Å²) in [6.07, 6.45) is 1.32. The van der Waals surface area contributed by atoms with Crippen LogP contribution in [0.4, 0.5) is 5.69 Å².